The van der Waals surface area contributed by atoms with Crippen molar-refractivity contribution in [3.05, 3.63) is 28.8 Å². The van der Waals surface area contributed by atoms with Gasteiger partial charge in [-0.3, -0.25) is 0 Å². The molecule has 0 amide bonds. The molecule has 1 aromatic carbocycles. The molecule has 0 bridgehead atoms. The SMILES string of the molecule is COCCCCCn1c(CCl)nc2cc(F)c(Cl)cc21. The number of imidazole rings is 1. The first-order valence-corrected chi connectivity index (χ1v) is 7.47. The van der Waals surface area contributed by atoms with Crippen molar-refractivity contribution in [2.75, 3.05) is 13.7 Å². The summed E-state index contributed by atoms with van der Waals surface area (Å²) in [5, 5.41) is 0.110. The lowest BCUT2D eigenvalue weighted by Crippen LogP contribution is -2.03. The van der Waals surface area contributed by atoms with Gasteiger partial charge in [-0.15, -0.1) is 11.6 Å². The van der Waals surface area contributed by atoms with E-state index in [1.165, 1.54) is 6.07 Å². The van der Waals surface area contributed by atoms with Crippen LogP contribution in [0.15, 0.2) is 12.1 Å². The highest BCUT2D eigenvalue weighted by atomic mass is 35.5. The van der Waals surface area contributed by atoms with Crippen molar-refractivity contribution < 1.29 is 9.13 Å². The molecule has 0 atom stereocenters. The van der Waals surface area contributed by atoms with Crippen LogP contribution in [0.2, 0.25) is 5.02 Å². The fourth-order valence-electron chi connectivity index (χ4n) is 2.21. The summed E-state index contributed by atoms with van der Waals surface area (Å²) in [6.45, 7) is 1.56. The van der Waals surface area contributed by atoms with Gasteiger partial charge in [-0.25, -0.2) is 9.37 Å². The Bertz CT molecular complexity index is 586. The number of benzene rings is 1. The second kappa shape index (κ2) is 7.25. The van der Waals surface area contributed by atoms with Gasteiger partial charge in [0.1, 0.15) is 11.6 Å². The zero-order valence-electron chi connectivity index (χ0n) is 11.3. The Morgan fingerprint density at radius 2 is 2.10 bits per heavy atom. The largest absolute Gasteiger partial charge is 0.385 e. The number of aromatic nitrogens is 2. The minimum Gasteiger partial charge on any atom is -0.385 e. The monoisotopic (exact) mass is 318 g/mol. The van der Waals surface area contributed by atoms with Crippen molar-refractivity contribution in [1.82, 2.24) is 9.55 Å². The van der Waals surface area contributed by atoms with Crippen molar-refractivity contribution in [3.8, 4) is 0 Å². The van der Waals surface area contributed by atoms with Crippen molar-refractivity contribution in [3.63, 3.8) is 0 Å². The molecule has 0 aliphatic heterocycles. The van der Waals surface area contributed by atoms with E-state index in [0.29, 0.717) is 11.4 Å². The lowest BCUT2D eigenvalue weighted by atomic mass is 10.2. The van der Waals surface area contributed by atoms with Crippen LogP contribution in [-0.2, 0) is 17.2 Å². The van der Waals surface area contributed by atoms with Gasteiger partial charge in [-0.05, 0) is 25.3 Å². The van der Waals surface area contributed by atoms with Gasteiger partial charge in [-0.2, -0.15) is 0 Å². The fraction of sp³-hybridized carbons (Fsp3) is 0.500. The molecule has 0 radical (unpaired) electrons. The highest BCUT2D eigenvalue weighted by Gasteiger charge is 2.12. The molecule has 0 saturated carbocycles. The first-order chi connectivity index (χ1) is 9.67. The Morgan fingerprint density at radius 1 is 1.30 bits per heavy atom. The first kappa shape index (κ1) is 15.5. The molecule has 0 spiro atoms. The number of fused-ring (bicyclic) bond motifs is 1. The van der Waals surface area contributed by atoms with E-state index in [-0.39, 0.29) is 5.02 Å². The molecular weight excluding hydrogens is 302 g/mol. The predicted molar refractivity (Wildman–Crippen MR) is 80.0 cm³/mol. The summed E-state index contributed by atoms with van der Waals surface area (Å²) in [4.78, 5) is 4.36. The molecule has 0 aliphatic rings. The van der Waals surface area contributed by atoms with Gasteiger partial charge < -0.3 is 9.30 Å². The quantitative estimate of drug-likeness (QED) is 0.559. The zero-order valence-corrected chi connectivity index (χ0v) is 12.8. The van der Waals surface area contributed by atoms with E-state index in [2.05, 4.69) is 4.98 Å². The Labute approximate surface area is 127 Å². The molecule has 1 aromatic heterocycles. The third-order valence-electron chi connectivity index (χ3n) is 3.22. The van der Waals surface area contributed by atoms with Crippen LogP contribution in [0.25, 0.3) is 11.0 Å². The van der Waals surface area contributed by atoms with Gasteiger partial charge >= 0.3 is 0 Å². The molecular formula is C14H17Cl2FN2O. The van der Waals surface area contributed by atoms with E-state index in [4.69, 9.17) is 27.9 Å². The van der Waals surface area contributed by atoms with Gasteiger partial charge in [0.05, 0.1) is 21.9 Å². The van der Waals surface area contributed by atoms with Crippen molar-refractivity contribution in [1.29, 1.82) is 0 Å². The average molecular weight is 319 g/mol. The van der Waals surface area contributed by atoms with E-state index in [9.17, 15) is 4.39 Å². The second-order valence-corrected chi connectivity index (χ2v) is 5.30. The smallest absolute Gasteiger partial charge is 0.144 e. The topological polar surface area (TPSA) is 27.1 Å². The summed E-state index contributed by atoms with van der Waals surface area (Å²) in [6, 6.07) is 2.97. The van der Waals surface area contributed by atoms with Crippen LogP contribution in [0.1, 0.15) is 25.1 Å². The normalized spacial score (nSPS) is 11.4. The number of unbranched alkanes of at least 4 members (excludes halogenated alkanes) is 2. The van der Waals surface area contributed by atoms with Crippen molar-refractivity contribution in [2.24, 2.45) is 0 Å². The number of aryl methyl sites for hydroxylation is 1. The van der Waals surface area contributed by atoms with Crippen LogP contribution >= 0.6 is 23.2 Å². The van der Waals surface area contributed by atoms with Crippen LogP contribution < -0.4 is 0 Å². The maximum Gasteiger partial charge on any atom is 0.144 e. The minimum atomic E-state index is -0.454. The molecule has 2 rings (SSSR count). The van der Waals surface area contributed by atoms with Gasteiger partial charge in [0.15, 0.2) is 0 Å². The lowest BCUT2D eigenvalue weighted by Gasteiger charge is -2.08. The van der Waals surface area contributed by atoms with E-state index in [1.807, 2.05) is 4.57 Å². The third kappa shape index (κ3) is 3.43. The summed E-state index contributed by atoms with van der Waals surface area (Å²) < 4.78 is 20.5. The Kier molecular flexibility index (Phi) is 5.64. The number of hydrogen-bond acceptors (Lipinski definition) is 2. The molecule has 6 heteroatoms. The average Bonchev–Trinajstić information content (AvgIpc) is 2.76. The molecule has 110 valence electrons. The molecule has 0 N–H and O–H groups in total. The highest BCUT2D eigenvalue weighted by molar-refractivity contribution is 6.31. The number of alkyl halides is 1. The third-order valence-corrected chi connectivity index (χ3v) is 3.75. The number of nitrogens with zero attached hydrogens (tertiary/aromatic N) is 2. The van der Waals surface area contributed by atoms with Crippen LogP contribution in [-0.4, -0.2) is 23.3 Å². The highest BCUT2D eigenvalue weighted by Crippen LogP contribution is 2.25. The van der Waals surface area contributed by atoms with Crippen LogP contribution in [0, 0.1) is 5.82 Å². The summed E-state index contributed by atoms with van der Waals surface area (Å²) in [5.74, 6) is 0.589. The molecule has 3 nitrogen and oxygen atoms in total. The van der Waals surface area contributed by atoms with Crippen LogP contribution in [0.5, 0.6) is 0 Å². The second-order valence-electron chi connectivity index (χ2n) is 4.62. The minimum absolute atomic E-state index is 0.110. The van der Waals surface area contributed by atoms with E-state index in [1.54, 1.807) is 13.2 Å². The maximum atomic E-state index is 13.5. The number of methoxy groups -OCH3 is 1. The Morgan fingerprint density at radius 3 is 2.80 bits per heavy atom. The molecule has 20 heavy (non-hydrogen) atoms. The zero-order chi connectivity index (χ0) is 14.5. The number of hydrogen-bond donors (Lipinski definition) is 0. The Hall–Kier alpha value is -0.840. The fourth-order valence-corrected chi connectivity index (χ4v) is 2.58. The van der Waals surface area contributed by atoms with E-state index in [0.717, 1.165) is 43.8 Å². The number of rotatable bonds is 7. The van der Waals surface area contributed by atoms with Crippen LogP contribution in [0.3, 0.4) is 0 Å². The van der Waals surface area contributed by atoms with Gasteiger partial charge in [-0.1, -0.05) is 11.6 Å². The molecule has 1 heterocycles. The number of ether oxygens (including phenoxy) is 1. The maximum absolute atomic E-state index is 13.5. The van der Waals surface area contributed by atoms with E-state index < -0.39 is 5.82 Å². The van der Waals surface area contributed by atoms with Crippen LogP contribution in [0.4, 0.5) is 4.39 Å². The van der Waals surface area contributed by atoms with Gasteiger partial charge in [0.25, 0.3) is 0 Å². The first-order valence-electron chi connectivity index (χ1n) is 6.56. The molecule has 0 unspecified atom stereocenters. The van der Waals surface area contributed by atoms with Crippen molar-refractivity contribution in [2.45, 2.75) is 31.7 Å². The Balaban J connectivity index is 2.19. The molecule has 0 fully saturated rings. The van der Waals surface area contributed by atoms with Gasteiger partial charge in [0, 0.05) is 26.3 Å². The standard InChI is InChI=1S/C14H17Cl2FN2O/c1-20-6-4-2-3-5-19-13-7-10(16)11(17)8-12(13)18-14(19)9-15/h7-8H,2-6,9H2,1H3. The predicted octanol–water partition coefficient (Wildman–Crippen LogP) is 4.38. The molecule has 2 aromatic rings. The molecule has 0 aliphatic carbocycles. The number of halogens is 3. The summed E-state index contributed by atoms with van der Waals surface area (Å²) in [7, 11) is 1.70. The van der Waals surface area contributed by atoms with Gasteiger partial charge in [0.2, 0.25) is 0 Å². The summed E-state index contributed by atoms with van der Waals surface area (Å²) >= 11 is 11.8. The van der Waals surface area contributed by atoms with Crippen molar-refractivity contribution >= 4 is 34.2 Å². The lowest BCUT2D eigenvalue weighted by molar-refractivity contribution is 0.191. The summed E-state index contributed by atoms with van der Waals surface area (Å²) in [5.41, 5.74) is 1.43. The van der Waals surface area contributed by atoms with E-state index >= 15 is 0 Å². The molecule has 0 saturated heterocycles. The summed E-state index contributed by atoms with van der Waals surface area (Å²) in [6.07, 6.45) is 3.08.